The number of nitrogens with one attached hydrogen (secondary N) is 1. The Morgan fingerprint density at radius 3 is 2.48 bits per heavy atom. The quantitative estimate of drug-likeness (QED) is 0.683. The van der Waals surface area contributed by atoms with E-state index in [1.165, 1.54) is 0 Å². The molecule has 3 heterocycles. The number of benzene rings is 1. The molecule has 1 N–H and O–H groups in total. The lowest BCUT2D eigenvalue weighted by molar-refractivity contribution is -0.0586. The van der Waals surface area contributed by atoms with Crippen molar-refractivity contribution in [1.29, 1.82) is 0 Å². The van der Waals surface area contributed by atoms with Gasteiger partial charge in [-0.3, -0.25) is 9.78 Å². The predicted molar refractivity (Wildman–Crippen MR) is 118 cm³/mol. The second kappa shape index (κ2) is 8.85. The minimum atomic E-state index is 0.0463. The van der Waals surface area contributed by atoms with E-state index in [9.17, 15) is 4.79 Å². The van der Waals surface area contributed by atoms with Crippen molar-refractivity contribution in [2.75, 3.05) is 18.4 Å². The average molecular weight is 421 g/mol. The van der Waals surface area contributed by atoms with Gasteiger partial charge in [-0.25, -0.2) is 9.67 Å². The van der Waals surface area contributed by atoms with Crippen LogP contribution < -0.4 is 5.32 Å². The van der Waals surface area contributed by atoms with Gasteiger partial charge >= 0.3 is 0 Å². The third-order valence-corrected chi connectivity index (χ3v) is 5.23. The Hall–Kier alpha value is -3.26. The SMILES string of the molecule is Cc1cc(C)n(-c2cncc(NCc3ccc(C(=O)N4CC(C)OC(C)C4)cc3)n2)n1. The highest BCUT2D eigenvalue weighted by atomic mass is 16.5. The van der Waals surface area contributed by atoms with Crippen LogP contribution in [0, 0.1) is 13.8 Å². The maximum absolute atomic E-state index is 12.8. The molecule has 0 saturated carbocycles. The minimum absolute atomic E-state index is 0.0463. The second-order valence-corrected chi connectivity index (χ2v) is 8.12. The van der Waals surface area contributed by atoms with E-state index in [1.807, 2.05) is 62.9 Å². The first kappa shape index (κ1) is 21.0. The van der Waals surface area contributed by atoms with Gasteiger partial charge < -0.3 is 15.0 Å². The van der Waals surface area contributed by atoms with E-state index in [-0.39, 0.29) is 18.1 Å². The number of amides is 1. The molecular formula is C23H28N6O2. The van der Waals surface area contributed by atoms with Crippen LogP contribution in [0.2, 0.25) is 0 Å². The summed E-state index contributed by atoms with van der Waals surface area (Å²) in [5.41, 5.74) is 3.69. The van der Waals surface area contributed by atoms with Crippen molar-refractivity contribution >= 4 is 11.7 Å². The highest BCUT2D eigenvalue weighted by molar-refractivity contribution is 5.94. The van der Waals surface area contributed by atoms with Crippen LogP contribution in [0.25, 0.3) is 5.82 Å². The number of nitrogens with zero attached hydrogens (tertiary/aromatic N) is 5. The zero-order valence-electron chi connectivity index (χ0n) is 18.4. The monoisotopic (exact) mass is 420 g/mol. The molecule has 3 aromatic rings. The highest BCUT2D eigenvalue weighted by Crippen LogP contribution is 2.16. The second-order valence-electron chi connectivity index (χ2n) is 8.12. The average Bonchev–Trinajstić information content (AvgIpc) is 3.09. The molecule has 0 spiro atoms. The number of carbonyl (C=O) groups is 1. The van der Waals surface area contributed by atoms with Gasteiger partial charge in [0.15, 0.2) is 5.82 Å². The molecule has 1 aliphatic heterocycles. The van der Waals surface area contributed by atoms with E-state index in [0.29, 0.717) is 36.8 Å². The van der Waals surface area contributed by atoms with Crippen molar-refractivity contribution in [2.24, 2.45) is 0 Å². The molecule has 1 saturated heterocycles. The molecule has 0 bridgehead atoms. The van der Waals surface area contributed by atoms with Crippen LogP contribution in [0.4, 0.5) is 5.82 Å². The molecule has 1 aliphatic rings. The van der Waals surface area contributed by atoms with Crippen LogP contribution in [0.15, 0.2) is 42.7 Å². The number of rotatable bonds is 5. The van der Waals surface area contributed by atoms with Gasteiger partial charge in [0.1, 0.15) is 5.82 Å². The first-order chi connectivity index (χ1) is 14.9. The Morgan fingerprint density at radius 2 is 1.84 bits per heavy atom. The molecule has 1 amide bonds. The number of morpholine rings is 1. The zero-order chi connectivity index (χ0) is 22.0. The molecule has 1 fully saturated rings. The summed E-state index contributed by atoms with van der Waals surface area (Å²) in [6, 6.07) is 9.69. The number of hydrogen-bond donors (Lipinski definition) is 1. The lowest BCUT2D eigenvalue weighted by atomic mass is 10.1. The van der Waals surface area contributed by atoms with Crippen molar-refractivity contribution in [3.8, 4) is 5.82 Å². The summed E-state index contributed by atoms with van der Waals surface area (Å²) in [4.78, 5) is 23.6. The third-order valence-electron chi connectivity index (χ3n) is 5.23. The van der Waals surface area contributed by atoms with Gasteiger partial charge in [0, 0.05) is 30.9 Å². The normalized spacial score (nSPS) is 18.8. The summed E-state index contributed by atoms with van der Waals surface area (Å²) in [6.45, 7) is 9.76. The molecule has 4 rings (SSSR count). The topological polar surface area (TPSA) is 85.2 Å². The first-order valence-electron chi connectivity index (χ1n) is 10.5. The van der Waals surface area contributed by atoms with Crippen LogP contribution in [-0.4, -0.2) is 55.9 Å². The standard InChI is InChI=1S/C23H28N6O2/c1-15-9-16(2)29(27-15)22-12-24-11-21(26-22)25-10-19-5-7-20(8-6-19)23(30)28-13-17(3)31-18(4)14-28/h5-9,11-12,17-18H,10,13-14H2,1-4H3,(H,25,26). The van der Waals surface area contributed by atoms with Crippen LogP contribution >= 0.6 is 0 Å². The van der Waals surface area contributed by atoms with Crippen LogP contribution in [0.5, 0.6) is 0 Å². The van der Waals surface area contributed by atoms with Crippen LogP contribution in [-0.2, 0) is 11.3 Å². The largest absolute Gasteiger partial charge is 0.372 e. The molecule has 162 valence electrons. The molecule has 8 nitrogen and oxygen atoms in total. The minimum Gasteiger partial charge on any atom is -0.372 e. The summed E-state index contributed by atoms with van der Waals surface area (Å²) in [7, 11) is 0. The van der Waals surface area contributed by atoms with Crippen molar-refractivity contribution in [3.05, 3.63) is 65.2 Å². The van der Waals surface area contributed by atoms with E-state index in [0.717, 1.165) is 17.0 Å². The number of aryl methyl sites for hydroxylation is 2. The Bertz CT molecular complexity index is 1050. The number of anilines is 1. The van der Waals surface area contributed by atoms with E-state index in [2.05, 4.69) is 20.4 Å². The summed E-state index contributed by atoms with van der Waals surface area (Å²) in [6.07, 6.45) is 3.50. The molecule has 0 aliphatic carbocycles. The lowest BCUT2D eigenvalue weighted by Gasteiger charge is -2.35. The van der Waals surface area contributed by atoms with Gasteiger partial charge in [0.05, 0.1) is 30.3 Å². The van der Waals surface area contributed by atoms with E-state index in [1.54, 1.807) is 17.1 Å². The van der Waals surface area contributed by atoms with Crippen LogP contribution in [0.1, 0.15) is 41.2 Å². The van der Waals surface area contributed by atoms with Crippen molar-refractivity contribution in [3.63, 3.8) is 0 Å². The number of hydrogen-bond acceptors (Lipinski definition) is 6. The number of aromatic nitrogens is 4. The zero-order valence-corrected chi connectivity index (χ0v) is 18.4. The van der Waals surface area contributed by atoms with E-state index < -0.39 is 0 Å². The molecule has 2 unspecified atom stereocenters. The van der Waals surface area contributed by atoms with Gasteiger partial charge in [-0.2, -0.15) is 5.10 Å². The fourth-order valence-electron chi connectivity index (χ4n) is 3.89. The van der Waals surface area contributed by atoms with Gasteiger partial charge in [-0.15, -0.1) is 0 Å². The molecule has 31 heavy (non-hydrogen) atoms. The number of ether oxygens (including phenoxy) is 1. The molecule has 2 aromatic heterocycles. The fraction of sp³-hybridized carbons (Fsp3) is 0.391. The summed E-state index contributed by atoms with van der Waals surface area (Å²) in [5.74, 6) is 1.39. The molecule has 2 atom stereocenters. The molecular weight excluding hydrogens is 392 g/mol. The highest BCUT2D eigenvalue weighted by Gasteiger charge is 2.26. The Kier molecular flexibility index (Phi) is 5.99. The van der Waals surface area contributed by atoms with Gasteiger partial charge in [0.25, 0.3) is 5.91 Å². The predicted octanol–water partition coefficient (Wildman–Crippen LogP) is 3.14. The molecule has 8 heteroatoms. The third kappa shape index (κ3) is 4.91. The molecule has 0 radical (unpaired) electrons. The van der Waals surface area contributed by atoms with Crippen molar-refractivity contribution < 1.29 is 9.53 Å². The van der Waals surface area contributed by atoms with Gasteiger partial charge in [-0.1, -0.05) is 12.1 Å². The van der Waals surface area contributed by atoms with E-state index in [4.69, 9.17) is 4.74 Å². The number of carbonyl (C=O) groups excluding carboxylic acids is 1. The Morgan fingerprint density at radius 1 is 1.13 bits per heavy atom. The van der Waals surface area contributed by atoms with E-state index >= 15 is 0 Å². The fourth-order valence-corrected chi connectivity index (χ4v) is 3.89. The summed E-state index contributed by atoms with van der Waals surface area (Å²) < 4.78 is 7.50. The summed E-state index contributed by atoms with van der Waals surface area (Å²) >= 11 is 0. The maximum Gasteiger partial charge on any atom is 0.254 e. The van der Waals surface area contributed by atoms with Gasteiger partial charge in [0.2, 0.25) is 0 Å². The Balaban J connectivity index is 1.39. The van der Waals surface area contributed by atoms with Gasteiger partial charge in [-0.05, 0) is 51.5 Å². The molecule has 1 aromatic carbocycles. The summed E-state index contributed by atoms with van der Waals surface area (Å²) in [5, 5.41) is 7.75. The van der Waals surface area contributed by atoms with Crippen molar-refractivity contribution in [1.82, 2.24) is 24.6 Å². The smallest absolute Gasteiger partial charge is 0.254 e. The van der Waals surface area contributed by atoms with Crippen molar-refractivity contribution in [2.45, 2.75) is 46.4 Å². The maximum atomic E-state index is 12.8. The first-order valence-corrected chi connectivity index (χ1v) is 10.5. The van der Waals surface area contributed by atoms with Crippen LogP contribution in [0.3, 0.4) is 0 Å². The Labute approximate surface area is 182 Å². The lowest BCUT2D eigenvalue weighted by Crippen LogP contribution is -2.48.